The van der Waals surface area contributed by atoms with Gasteiger partial charge in [0.05, 0.1) is 12.2 Å². The highest BCUT2D eigenvalue weighted by molar-refractivity contribution is 5.04. The maximum Gasteiger partial charge on any atom is 0.211 e. The summed E-state index contributed by atoms with van der Waals surface area (Å²) >= 11 is 0. The summed E-state index contributed by atoms with van der Waals surface area (Å²) in [6, 6.07) is -0.291. The largest absolute Gasteiger partial charge is 0.441 e. The van der Waals surface area contributed by atoms with Crippen LogP contribution in [0, 0.1) is 0 Å². The number of nitrogens with two attached hydrogens (primary N) is 1. The normalized spacial score (nSPS) is 14.8. The Balaban J connectivity index is 2.92. The highest BCUT2D eigenvalue weighted by atomic mass is 19.1. The second-order valence-electron chi connectivity index (χ2n) is 3.32. The lowest BCUT2D eigenvalue weighted by molar-refractivity contribution is 0.174. The number of nitrogens with zero attached hydrogens (tertiary/aromatic N) is 1. The molecular weight excluding hydrogens is 159 g/mol. The zero-order chi connectivity index (χ0) is 9.35. The Labute approximate surface area is 70.8 Å². The summed E-state index contributed by atoms with van der Waals surface area (Å²) in [5.74, 6) is 0.588. The van der Waals surface area contributed by atoms with Crippen molar-refractivity contribution in [2.24, 2.45) is 5.73 Å². The van der Waals surface area contributed by atoms with E-state index in [1.807, 2.05) is 0 Å². The first kappa shape index (κ1) is 9.19. The number of alkyl halides is 1. The van der Waals surface area contributed by atoms with Gasteiger partial charge in [0.1, 0.15) is 0 Å². The van der Waals surface area contributed by atoms with E-state index in [1.165, 1.54) is 20.0 Å². The Kier molecular flexibility index (Phi) is 2.19. The number of hydrogen-bond donors (Lipinski definition) is 1. The molecule has 1 aromatic rings. The first-order chi connectivity index (χ1) is 5.41. The van der Waals surface area contributed by atoms with Crippen molar-refractivity contribution in [3.05, 3.63) is 17.8 Å². The maximum absolute atomic E-state index is 13.2. The highest BCUT2D eigenvalue weighted by Gasteiger charge is 2.24. The maximum atomic E-state index is 13.2. The first-order valence-corrected chi connectivity index (χ1v) is 3.82. The number of rotatable bonds is 2. The third-order valence-electron chi connectivity index (χ3n) is 1.50. The Morgan fingerprint density at radius 3 is 2.50 bits per heavy atom. The molecule has 1 atom stereocenters. The smallest absolute Gasteiger partial charge is 0.211 e. The van der Waals surface area contributed by atoms with Gasteiger partial charge in [-0.3, -0.25) is 0 Å². The van der Waals surface area contributed by atoms with E-state index in [-0.39, 0.29) is 11.8 Å². The molecule has 0 aliphatic rings. The lowest BCUT2D eigenvalue weighted by Crippen LogP contribution is -2.08. The molecule has 1 aromatic heterocycles. The molecule has 0 saturated carbocycles. The molecule has 0 spiro atoms. The molecule has 0 amide bonds. The van der Waals surface area contributed by atoms with Gasteiger partial charge in [-0.2, -0.15) is 0 Å². The van der Waals surface area contributed by atoms with Crippen molar-refractivity contribution in [2.75, 3.05) is 0 Å². The number of halogens is 1. The van der Waals surface area contributed by atoms with E-state index in [1.54, 1.807) is 6.92 Å². The van der Waals surface area contributed by atoms with Gasteiger partial charge in [0.15, 0.2) is 11.4 Å². The van der Waals surface area contributed by atoms with E-state index >= 15 is 0 Å². The molecule has 4 heteroatoms. The first-order valence-electron chi connectivity index (χ1n) is 3.82. The van der Waals surface area contributed by atoms with Gasteiger partial charge in [0.25, 0.3) is 0 Å². The molecule has 1 heterocycles. The molecule has 12 heavy (non-hydrogen) atoms. The van der Waals surface area contributed by atoms with Crippen LogP contribution in [0.3, 0.4) is 0 Å². The molecule has 0 aliphatic carbocycles. The Morgan fingerprint density at radius 1 is 1.67 bits per heavy atom. The van der Waals surface area contributed by atoms with Crippen molar-refractivity contribution in [2.45, 2.75) is 32.5 Å². The number of oxazole rings is 1. The number of aromatic nitrogens is 1. The molecular formula is C8H13FN2O. The molecule has 2 N–H and O–H groups in total. The van der Waals surface area contributed by atoms with Crippen molar-refractivity contribution in [1.82, 2.24) is 4.98 Å². The summed E-state index contributed by atoms with van der Waals surface area (Å²) in [5, 5.41) is 0. The average molecular weight is 172 g/mol. The van der Waals surface area contributed by atoms with Crippen LogP contribution in [-0.2, 0) is 5.67 Å². The Hall–Kier alpha value is -0.900. The van der Waals surface area contributed by atoms with Gasteiger partial charge < -0.3 is 10.2 Å². The zero-order valence-corrected chi connectivity index (χ0v) is 7.47. The van der Waals surface area contributed by atoms with Crippen LogP contribution in [0.4, 0.5) is 4.39 Å². The summed E-state index contributed by atoms with van der Waals surface area (Å²) in [5.41, 5.74) is 4.01. The molecule has 0 radical (unpaired) electrons. The molecule has 1 rings (SSSR count). The summed E-state index contributed by atoms with van der Waals surface area (Å²) in [4.78, 5) is 3.85. The van der Waals surface area contributed by atoms with Crippen LogP contribution in [0.15, 0.2) is 10.6 Å². The Morgan fingerprint density at radius 2 is 2.25 bits per heavy atom. The lowest BCUT2D eigenvalue weighted by Gasteiger charge is -2.08. The quantitative estimate of drug-likeness (QED) is 0.741. The predicted molar refractivity (Wildman–Crippen MR) is 43.2 cm³/mol. The lowest BCUT2D eigenvalue weighted by atomic mass is 10.1. The van der Waals surface area contributed by atoms with Crippen molar-refractivity contribution >= 4 is 0 Å². The second-order valence-corrected chi connectivity index (χ2v) is 3.32. The highest BCUT2D eigenvalue weighted by Crippen LogP contribution is 2.25. The molecule has 0 fully saturated rings. The van der Waals surface area contributed by atoms with Crippen LogP contribution >= 0.6 is 0 Å². The number of hydrogen-bond acceptors (Lipinski definition) is 3. The predicted octanol–water partition coefficient (Wildman–Crippen LogP) is 1.90. The van der Waals surface area contributed by atoms with Crippen molar-refractivity contribution in [1.29, 1.82) is 0 Å². The van der Waals surface area contributed by atoms with E-state index < -0.39 is 5.67 Å². The van der Waals surface area contributed by atoms with Gasteiger partial charge in [0.2, 0.25) is 5.89 Å². The molecule has 0 aromatic carbocycles. The van der Waals surface area contributed by atoms with E-state index in [9.17, 15) is 4.39 Å². The molecule has 68 valence electrons. The molecule has 1 unspecified atom stereocenters. The van der Waals surface area contributed by atoms with E-state index in [0.29, 0.717) is 5.89 Å². The SMILES string of the molecule is CC(N)c1ncc(C(C)(C)F)o1. The van der Waals surface area contributed by atoms with Crippen LogP contribution in [-0.4, -0.2) is 4.98 Å². The minimum atomic E-state index is -1.49. The zero-order valence-electron chi connectivity index (χ0n) is 7.47. The second kappa shape index (κ2) is 2.86. The fraction of sp³-hybridized carbons (Fsp3) is 0.625. The van der Waals surface area contributed by atoms with Gasteiger partial charge in [0, 0.05) is 0 Å². The van der Waals surface area contributed by atoms with Gasteiger partial charge >= 0.3 is 0 Å². The summed E-state index contributed by atoms with van der Waals surface area (Å²) in [6.45, 7) is 4.57. The summed E-state index contributed by atoms with van der Waals surface area (Å²) in [6.07, 6.45) is 1.37. The third kappa shape index (κ3) is 1.82. The fourth-order valence-electron chi connectivity index (χ4n) is 0.773. The van der Waals surface area contributed by atoms with Crippen molar-refractivity contribution in [3.63, 3.8) is 0 Å². The Bertz CT molecular complexity index is 262. The molecule has 3 nitrogen and oxygen atoms in total. The van der Waals surface area contributed by atoms with Crippen LogP contribution in [0.2, 0.25) is 0 Å². The molecule has 0 aliphatic heterocycles. The van der Waals surface area contributed by atoms with E-state index in [4.69, 9.17) is 10.2 Å². The van der Waals surface area contributed by atoms with Crippen molar-refractivity contribution < 1.29 is 8.81 Å². The fourth-order valence-corrected chi connectivity index (χ4v) is 0.773. The van der Waals surface area contributed by atoms with Gasteiger partial charge in [-0.1, -0.05) is 0 Å². The van der Waals surface area contributed by atoms with Crippen molar-refractivity contribution in [3.8, 4) is 0 Å². The monoisotopic (exact) mass is 172 g/mol. The minimum absolute atomic E-state index is 0.217. The summed E-state index contributed by atoms with van der Waals surface area (Å²) in [7, 11) is 0. The van der Waals surface area contributed by atoms with Gasteiger partial charge in [-0.15, -0.1) is 0 Å². The van der Waals surface area contributed by atoms with Gasteiger partial charge in [-0.05, 0) is 20.8 Å². The molecule has 0 bridgehead atoms. The van der Waals surface area contributed by atoms with E-state index in [0.717, 1.165) is 0 Å². The topological polar surface area (TPSA) is 52.0 Å². The van der Waals surface area contributed by atoms with E-state index in [2.05, 4.69) is 4.98 Å². The average Bonchev–Trinajstić information content (AvgIpc) is 2.30. The minimum Gasteiger partial charge on any atom is -0.441 e. The van der Waals surface area contributed by atoms with Gasteiger partial charge in [-0.25, -0.2) is 9.37 Å². The van der Waals surface area contributed by atoms with Crippen LogP contribution < -0.4 is 5.73 Å². The van der Waals surface area contributed by atoms with Crippen LogP contribution in [0.1, 0.15) is 38.5 Å². The van der Waals surface area contributed by atoms with Crippen LogP contribution in [0.5, 0.6) is 0 Å². The third-order valence-corrected chi connectivity index (χ3v) is 1.50. The van der Waals surface area contributed by atoms with Crippen LogP contribution in [0.25, 0.3) is 0 Å². The standard InChI is InChI=1S/C8H13FN2O/c1-5(10)7-11-4-6(12-7)8(2,3)9/h4-5H,10H2,1-3H3. The summed E-state index contributed by atoms with van der Waals surface area (Å²) < 4.78 is 18.3. The molecule has 0 saturated heterocycles.